The molecule has 0 saturated heterocycles. The summed E-state index contributed by atoms with van der Waals surface area (Å²) in [5.74, 6) is -1.98. The maximum atomic E-state index is 13.6. The largest absolute Gasteiger partial charge is 0.478 e. The number of hydrogen-bond donors (Lipinski definition) is 2. The Morgan fingerprint density at radius 1 is 1.20 bits per heavy atom. The van der Waals surface area contributed by atoms with Crippen LogP contribution in [-0.4, -0.2) is 11.1 Å². The van der Waals surface area contributed by atoms with Crippen molar-refractivity contribution < 1.29 is 18.7 Å². The molecule has 0 spiro atoms. The zero-order valence-corrected chi connectivity index (χ0v) is 10.8. The first-order valence-electron chi connectivity index (χ1n) is 5.99. The van der Waals surface area contributed by atoms with Crippen LogP contribution in [0.1, 0.15) is 21.5 Å². The lowest BCUT2D eigenvalue weighted by Gasteiger charge is -2.10. The van der Waals surface area contributed by atoms with Gasteiger partial charge in [0, 0.05) is 6.54 Å². The third kappa shape index (κ3) is 3.12. The smallest absolute Gasteiger partial charge is 0.335 e. The van der Waals surface area contributed by atoms with Crippen LogP contribution < -0.4 is 5.32 Å². The molecule has 0 amide bonds. The predicted molar refractivity (Wildman–Crippen MR) is 71.8 cm³/mol. The first kappa shape index (κ1) is 14.0. The van der Waals surface area contributed by atoms with Crippen molar-refractivity contribution in [2.75, 3.05) is 5.32 Å². The van der Waals surface area contributed by atoms with Gasteiger partial charge in [-0.25, -0.2) is 13.6 Å². The van der Waals surface area contributed by atoms with Crippen molar-refractivity contribution in [3.05, 3.63) is 64.7 Å². The first-order valence-corrected chi connectivity index (χ1v) is 5.99. The Morgan fingerprint density at radius 2 is 1.95 bits per heavy atom. The van der Waals surface area contributed by atoms with E-state index in [9.17, 15) is 13.6 Å². The number of benzene rings is 2. The van der Waals surface area contributed by atoms with Crippen LogP contribution in [0.5, 0.6) is 0 Å². The molecule has 0 aliphatic rings. The van der Waals surface area contributed by atoms with Gasteiger partial charge in [-0.05, 0) is 48.4 Å². The summed E-state index contributed by atoms with van der Waals surface area (Å²) in [6.45, 7) is 2.04. The van der Waals surface area contributed by atoms with Gasteiger partial charge in [-0.1, -0.05) is 6.07 Å². The van der Waals surface area contributed by atoms with Crippen molar-refractivity contribution in [2.24, 2.45) is 0 Å². The zero-order valence-electron chi connectivity index (χ0n) is 10.8. The number of aryl methyl sites for hydroxylation is 1. The summed E-state index contributed by atoms with van der Waals surface area (Å²) in [6.07, 6.45) is 0. The van der Waals surface area contributed by atoms with Crippen LogP contribution >= 0.6 is 0 Å². The van der Waals surface area contributed by atoms with Crippen molar-refractivity contribution in [3.63, 3.8) is 0 Å². The summed E-state index contributed by atoms with van der Waals surface area (Å²) >= 11 is 0. The van der Waals surface area contributed by atoms with Crippen LogP contribution in [0.3, 0.4) is 0 Å². The second-order valence-corrected chi connectivity index (χ2v) is 4.42. The van der Waals surface area contributed by atoms with E-state index in [-0.39, 0.29) is 23.6 Å². The Morgan fingerprint density at radius 3 is 2.60 bits per heavy atom. The van der Waals surface area contributed by atoms with Gasteiger partial charge in [0.25, 0.3) is 0 Å². The lowest BCUT2D eigenvalue weighted by atomic mass is 10.1. The van der Waals surface area contributed by atoms with Crippen molar-refractivity contribution in [1.82, 2.24) is 0 Å². The lowest BCUT2D eigenvalue weighted by Crippen LogP contribution is -2.05. The summed E-state index contributed by atoms with van der Waals surface area (Å²) < 4.78 is 26.6. The second-order valence-electron chi connectivity index (χ2n) is 4.42. The molecular weight excluding hydrogens is 264 g/mol. The predicted octanol–water partition coefficient (Wildman–Crippen LogP) is 3.58. The van der Waals surface area contributed by atoms with Gasteiger partial charge in [0.2, 0.25) is 0 Å². The summed E-state index contributed by atoms with van der Waals surface area (Å²) in [6, 6.07) is 7.86. The van der Waals surface area contributed by atoms with Gasteiger partial charge in [0.05, 0.1) is 11.3 Å². The summed E-state index contributed by atoms with van der Waals surface area (Å²) in [5.41, 5.74) is 1.66. The van der Waals surface area contributed by atoms with E-state index in [0.717, 1.165) is 17.2 Å². The highest BCUT2D eigenvalue weighted by molar-refractivity contribution is 5.88. The van der Waals surface area contributed by atoms with Crippen molar-refractivity contribution >= 4 is 11.7 Å². The topological polar surface area (TPSA) is 49.3 Å². The fourth-order valence-electron chi connectivity index (χ4n) is 1.84. The van der Waals surface area contributed by atoms with Gasteiger partial charge in [0.1, 0.15) is 11.6 Å². The third-order valence-electron chi connectivity index (χ3n) is 2.99. The third-order valence-corrected chi connectivity index (χ3v) is 2.99. The highest BCUT2D eigenvalue weighted by atomic mass is 19.1. The molecule has 2 aromatic rings. The fourth-order valence-corrected chi connectivity index (χ4v) is 1.84. The van der Waals surface area contributed by atoms with Crippen LogP contribution in [0.15, 0.2) is 36.4 Å². The average molecular weight is 277 g/mol. The van der Waals surface area contributed by atoms with Gasteiger partial charge < -0.3 is 10.4 Å². The first-order chi connectivity index (χ1) is 9.47. The molecule has 2 rings (SSSR count). The monoisotopic (exact) mass is 277 g/mol. The Labute approximate surface area is 114 Å². The molecule has 0 aliphatic heterocycles. The quantitative estimate of drug-likeness (QED) is 0.898. The maximum Gasteiger partial charge on any atom is 0.335 e. The van der Waals surface area contributed by atoms with E-state index in [1.165, 1.54) is 24.3 Å². The molecule has 0 radical (unpaired) electrons. The lowest BCUT2D eigenvalue weighted by molar-refractivity contribution is 0.0697. The summed E-state index contributed by atoms with van der Waals surface area (Å²) in [5, 5.41) is 11.7. The molecule has 0 heterocycles. The molecule has 5 heteroatoms. The molecule has 0 fully saturated rings. The molecular formula is C15H13F2NO2. The van der Waals surface area contributed by atoms with E-state index < -0.39 is 11.8 Å². The van der Waals surface area contributed by atoms with E-state index in [4.69, 9.17) is 5.11 Å². The van der Waals surface area contributed by atoms with Gasteiger partial charge in [-0.3, -0.25) is 0 Å². The summed E-state index contributed by atoms with van der Waals surface area (Å²) in [7, 11) is 0. The average Bonchev–Trinajstić information content (AvgIpc) is 2.39. The number of carboxylic acids is 1. The Kier molecular flexibility index (Phi) is 3.98. The number of carbonyl (C=O) groups is 1. The maximum absolute atomic E-state index is 13.6. The minimum atomic E-state index is -1.12. The second kappa shape index (κ2) is 5.69. The van der Waals surface area contributed by atoms with Gasteiger partial charge >= 0.3 is 5.97 Å². The molecule has 0 aromatic heterocycles. The fraction of sp³-hybridized carbons (Fsp3) is 0.133. The number of nitrogens with one attached hydrogen (secondary N) is 1. The normalized spacial score (nSPS) is 10.3. The highest BCUT2D eigenvalue weighted by Gasteiger charge is 2.08. The van der Waals surface area contributed by atoms with E-state index in [1.807, 2.05) is 0 Å². The molecule has 0 atom stereocenters. The van der Waals surface area contributed by atoms with Gasteiger partial charge in [0.15, 0.2) is 0 Å². The molecule has 20 heavy (non-hydrogen) atoms. The molecule has 0 unspecified atom stereocenters. The van der Waals surface area contributed by atoms with Crippen LogP contribution in [0.2, 0.25) is 0 Å². The van der Waals surface area contributed by atoms with E-state index >= 15 is 0 Å². The molecule has 104 valence electrons. The van der Waals surface area contributed by atoms with Crippen LogP contribution in [0.25, 0.3) is 0 Å². The SMILES string of the molecule is Cc1cc(F)ccc1CNc1cc(C(=O)O)ccc1F. The number of carboxylic acid groups (broad SMARTS) is 1. The number of halogens is 2. The molecule has 0 aliphatic carbocycles. The minimum absolute atomic E-state index is 0.00438. The number of anilines is 1. The van der Waals surface area contributed by atoms with Gasteiger partial charge in [-0.2, -0.15) is 0 Å². The van der Waals surface area contributed by atoms with Crippen LogP contribution in [0, 0.1) is 18.6 Å². The Bertz CT molecular complexity index is 656. The van der Waals surface area contributed by atoms with Crippen molar-refractivity contribution in [3.8, 4) is 0 Å². The van der Waals surface area contributed by atoms with Crippen LogP contribution in [0.4, 0.5) is 14.5 Å². The zero-order chi connectivity index (χ0) is 14.7. The minimum Gasteiger partial charge on any atom is -0.478 e. The van der Waals surface area contributed by atoms with E-state index in [2.05, 4.69) is 5.32 Å². The molecule has 0 bridgehead atoms. The number of rotatable bonds is 4. The highest BCUT2D eigenvalue weighted by Crippen LogP contribution is 2.18. The van der Waals surface area contributed by atoms with Crippen molar-refractivity contribution in [1.29, 1.82) is 0 Å². The number of hydrogen-bond acceptors (Lipinski definition) is 2. The molecule has 2 N–H and O–H groups in total. The molecule has 0 saturated carbocycles. The summed E-state index contributed by atoms with van der Waals surface area (Å²) in [4.78, 5) is 10.8. The molecule has 3 nitrogen and oxygen atoms in total. The van der Waals surface area contributed by atoms with Crippen LogP contribution in [-0.2, 0) is 6.54 Å². The van der Waals surface area contributed by atoms with E-state index in [0.29, 0.717) is 0 Å². The van der Waals surface area contributed by atoms with E-state index in [1.54, 1.807) is 13.0 Å². The Hall–Kier alpha value is -2.43. The standard InChI is InChI=1S/C15H13F2NO2/c1-9-6-12(16)4-2-11(9)8-18-14-7-10(15(19)20)3-5-13(14)17/h2-7,18H,8H2,1H3,(H,19,20). The Balaban J connectivity index is 2.18. The number of aromatic carboxylic acids is 1. The van der Waals surface area contributed by atoms with Crippen molar-refractivity contribution in [2.45, 2.75) is 13.5 Å². The molecule has 2 aromatic carbocycles. The van der Waals surface area contributed by atoms with Gasteiger partial charge in [-0.15, -0.1) is 0 Å².